The second-order valence-electron chi connectivity index (χ2n) is 4.60. The molecule has 3 heterocycles. The molecule has 0 spiro atoms. The number of furan rings is 1. The summed E-state index contributed by atoms with van der Waals surface area (Å²) in [6.45, 7) is 3.99. The van der Waals surface area contributed by atoms with Crippen molar-refractivity contribution >= 4 is 12.0 Å². The highest BCUT2D eigenvalue weighted by molar-refractivity contribution is 5.69. The lowest BCUT2D eigenvalue weighted by molar-refractivity contribution is 0.159. The van der Waals surface area contributed by atoms with Crippen LogP contribution in [0.4, 0.5) is 10.7 Å². The van der Waals surface area contributed by atoms with E-state index in [4.69, 9.17) is 9.15 Å². The summed E-state index contributed by atoms with van der Waals surface area (Å²) in [4.78, 5) is 17.2. The lowest BCUT2D eigenvalue weighted by Crippen LogP contribution is -2.30. The standard InChI is InChI=1S/C13H15N5O3/c1-9-2-3-11(21-9)10-8-15-17-12(16-10)14-4-5-18-6-7-20-13(18)19/h2-3,8H,4-7H2,1H3,(H,14,16,17). The van der Waals surface area contributed by atoms with Gasteiger partial charge in [0.25, 0.3) is 0 Å². The van der Waals surface area contributed by atoms with Gasteiger partial charge in [-0.2, -0.15) is 5.10 Å². The predicted octanol–water partition coefficient (Wildman–Crippen LogP) is 1.30. The van der Waals surface area contributed by atoms with Crippen LogP contribution in [0.25, 0.3) is 11.5 Å². The molecule has 1 amide bonds. The van der Waals surface area contributed by atoms with Gasteiger partial charge in [0, 0.05) is 13.1 Å². The maximum atomic E-state index is 11.3. The maximum absolute atomic E-state index is 11.3. The van der Waals surface area contributed by atoms with Crippen molar-refractivity contribution in [2.45, 2.75) is 6.92 Å². The molecule has 0 aromatic carbocycles. The van der Waals surface area contributed by atoms with Gasteiger partial charge in [0.1, 0.15) is 18.1 Å². The second kappa shape index (κ2) is 5.78. The molecule has 0 unspecified atom stereocenters. The van der Waals surface area contributed by atoms with Crippen LogP contribution in [0.3, 0.4) is 0 Å². The van der Waals surface area contributed by atoms with Crippen LogP contribution in [0.2, 0.25) is 0 Å². The van der Waals surface area contributed by atoms with E-state index in [1.165, 1.54) is 0 Å². The molecule has 0 saturated carbocycles. The average molecular weight is 289 g/mol. The van der Waals surface area contributed by atoms with E-state index in [2.05, 4.69) is 20.5 Å². The van der Waals surface area contributed by atoms with Crippen molar-refractivity contribution in [3.63, 3.8) is 0 Å². The molecular formula is C13H15N5O3. The molecule has 1 N–H and O–H groups in total. The van der Waals surface area contributed by atoms with Gasteiger partial charge in [-0.15, -0.1) is 5.10 Å². The van der Waals surface area contributed by atoms with E-state index in [1.54, 1.807) is 11.1 Å². The summed E-state index contributed by atoms with van der Waals surface area (Å²) in [7, 11) is 0. The number of amides is 1. The summed E-state index contributed by atoms with van der Waals surface area (Å²) in [6.07, 6.45) is 1.26. The number of hydrogen-bond donors (Lipinski definition) is 1. The van der Waals surface area contributed by atoms with E-state index in [-0.39, 0.29) is 6.09 Å². The monoisotopic (exact) mass is 289 g/mol. The van der Waals surface area contributed by atoms with Crippen molar-refractivity contribution in [1.29, 1.82) is 0 Å². The molecule has 2 aromatic heterocycles. The van der Waals surface area contributed by atoms with E-state index in [0.29, 0.717) is 43.6 Å². The van der Waals surface area contributed by atoms with E-state index in [0.717, 1.165) is 5.76 Å². The Labute approximate surface area is 121 Å². The van der Waals surface area contributed by atoms with Gasteiger partial charge >= 0.3 is 6.09 Å². The fourth-order valence-corrected chi connectivity index (χ4v) is 2.00. The average Bonchev–Trinajstić information content (AvgIpc) is 3.09. The number of hydrogen-bond acceptors (Lipinski definition) is 7. The first-order chi connectivity index (χ1) is 10.2. The summed E-state index contributed by atoms with van der Waals surface area (Å²) >= 11 is 0. The minimum absolute atomic E-state index is 0.282. The van der Waals surface area contributed by atoms with Crippen LogP contribution in [-0.2, 0) is 4.74 Å². The molecule has 1 fully saturated rings. The molecule has 0 atom stereocenters. The van der Waals surface area contributed by atoms with Crippen LogP contribution in [0.15, 0.2) is 22.7 Å². The number of aromatic nitrogens is 3. The summed E-state index contributed by atoms with van der Waals surface area (Å²) in [6, 6.07) is 3.70. The second-order valence-corrected chi connectivity index (χ2v) is 4.60. The highest BCUT2D eigenvalue weighted by Gasteiger charge is 2.20. The number of cyclic esters (lactones) is 1. The van der Waals surface area contributed by atoms with Gasteiger partial charge in [0.15, 0.2) is 5.76 Å². The Kier molecular flexibility index (Phi) is 3.67. The molecule has 1 saturated heterocycles. The Balaban J connectivity index is 1.60. The quantitative estimate of drug-likeness (QED) is 0.886. The molecule has 0 radical (unpaired) electrons. The first-order valence-electron chi connectivity index (χ1n) is 6.64. The lowest BCUT2D eigenvalue weighted by atomic mass is 10.3. The van der Waals surface area contributed by atoms with Gasteiger partial charge in [-0.1, -0.05) is 0 Å². The fourth-order valence-electron chi connectivity index (χ4n) is 2.00. The predicted molar refractivity (Wildman–Crippen MR) is 73.7 cm³/mol. The van der Waals surface area contributed by atoms with Crippen LogP contribution in [0, 0.1) is 6.92 Å². The van der Waals surface area contributed by atoms with Gasteiger partial charge in [-0.25, -0.2) is 9.78 Å². The topological polar surface area (TPSA) is 93.4 Å². The number of rotatable bonds is 5. The molecule has 0 aliphatic carbocycles. The smallest absolute Gasteiger partial charge is 0.409 e. The third kappa shape index (κ3) is 3.10. The van der Waals surface area contributed by atoms with E-state index >= 15 is 0 Å². The summed E-state index contributed by atoms with van der Waals surface area (Å²) in [5.41, 5.74) is 0.612. The minimum Gasteiger partial charge on any atom is -0.460 e. The molecule has 110 valence electrons. The van der Waals surface area contributed by atoms with Gasteiger partial charge in [-0.05, 0) is 19.1 Å². The van der Waals surface area contributed by atoms with Crippen molar-refractivity contribution in [3.05, 3.63) is 24.1 Å². The number of aryl methyl sites for hydroxylation is 1. The number of carbonyl (C=O) groups excluding carboxylic acids is 1. The highest BCUT2D eigenvalue weighted by Crippen LogP contribution is 2.19. The molecule has 2 aromatic rings. The zero-order valence-electron chi connectivity index (χ0n) is 11.6. The molecule has 0 bridgehead atoms. The third-order valence-electron chi connectivity index (χ3n) is 3.06. The highest BCUT2D eigenvalue weighted by atomic mass is 16.6. The first-order valence-corrected chi connectivity index (χ1v) is 6.64. The van der Waals surface area contributed by atoms with Gasteiger partial charge in [-0.3, -0.25) is 0 Å². The van der Waals surface area contributed by atoms with Crippen molar-refractivity contribution in [1.82, 2.24) is 20.1 Å². The molecule has 1 aliphatic heterocycles. The third-order valence-corrected chi connectivity index (χ3v) is 3.06. The number of ether oxygens (including phenoxy) is 1. The maximum Gasteiger partial charge on any atom is 0.409 e. The van der Waals surface area contributed by atoms with Gasteiger partial charge < -0.3 is 19.4 Å². The largest absolute Gasteiger partial charge is 0.460 e. The lowest BCUT2D eigenvalue weighted by Gasteiger charge is -2.12. The van der Waals surface area contributed by atoms with E-state index in [9.17, 15) is 4.79 Å². The molecule has 3 rings (SSSR count). The molecule has 8 nitrogen and oxygen atoms in total. The van der Waals surface area contributed by atoms with E-state index in [1.807, 2.05) is 19.1 Å². The first kappa shape index (κ1) is 13.3. The number of carbonyl (C=O) groups is 1. The van der Waals surface area contributed by atoms with Crippen molar-refractivity contribution in [2.24, 2.45) is 0 Å². The Morgan fingerprint density at radius 3 is 3.05 bits per heavy atom. The molecule has 21 heavy (non-hydrogen) atoms. The number of nitrogens with zero attached hydrogens (tertiary/aromatic N) is 4. The van der Waals surface area contributed by atoms with E-state index < -0.39 is 0 Å². The van der Waals surface area contributed by atoms with Crippen molar-refractivity contribution in [3.8, 4) is 11.5 Å². The van der Waals surface area contributed by atoms with Crippen LogP contribution < -0.4 is 5.32 Å². The Morgan fingerprint density at radius 1 is 1.43 bits per heavy atom. The SMILES string of the molecule is Cc1ccc(-c2cnnc(NCCN3CCOC3=O)n2)o1. The zero-order chi connectivity index (χ0) is 14.7. The normalized spacial score (nSPS) is 14.3. The van der Waals surface area contributed by atoms with Crippen LogP contribution in [-0.4, -0.2) is 52.4 Å². The zero-order valence-corrected chi connectivity index (χ0v) is 11.6. The van der Waals surface area contributed by atoms with Crippen molar-refractivity contribution < 1.29 is 13.9 Å². The minimum atomic E-state index is -0.282. The Hall–Kier alpha value is -2.64. The molecule has 8 heteroatoms. The summed E-state index contributed by atoms with van der Waals surface area (Å²) in [5.74, 6) is 1.85. The molecular weight excluding hydrogens is 274 g/mol. The number of nitrogens with one attached hydrogen (secondary N) is 1. The van der Waals surface area contributed by atoms with Gasteiger partial charge in [0.05, 0.1) is 12.7 Å². The van der Waals surface area contributed by atoms with Gasteiger partial charge in [0.2, 0.25) is 5.95 Å². The fraction of sp³-hybridized carbons (Fsp3) is 0.385. The van der Waals surface area contributed by atoms with Crippen LogP contribution in [0.1, 0.15) is 5.76 Å². The summed E-state index contributed by atoms with van der Waals surface area (Å²) < 4.78 is 10.3. The van der Waals surface area contributed by atoms with Crippen molar-refractivity contribution in [2.75, 3.05) is 31.6 Å². The summed E-state index contributed by atoms with van der Waals surface area (Å²) in [5, 5.41) is 10.8. The Morgan fingerprint density at radius 2 is 2.33 bits per heavy atom. The van der Waals surface area contributed by atoms with Crippen LogP contribution >= 0.6 is 0 Å². The number of anilines is 1. The molecule has 1 aliphatic rings. The Bertz CT molecular complexity index is 642. The van der Waals surface area contributed by atoms with Crippen LogP contribution in [0.5, 0.6) is 0 Å².